The molecule has 1 amide bonds. The van der Waals surface area contributed by atoms with Gasteiger partial charge in [0.1, 0.15) is 11.5 Å². The highest BCUT2D eigenvalue weighted by atomic mass is 19.1. The zero-order valence-electron chi connectivity index (χ0n) is 12.7. The van der Waals surface area contributed by atoms with E-state index in [1.807, 2.05) is 6.07 Å². The normalized spacial score (nSPS) is 13.7. The van der Waals surface area contributed by atoms with E-state index in [9.17, 15) is 9.18 Å². The van der Waals surface area contributed by atoms with Crippen molar-refractivity contribution in [2.24, 2.45) is 0 Å². The van der Waals surface area contributed by atoms with Gasteiger partial charge in [-0.05, 0) is 37.1 Å². The van der Waals surface area contributed by atoms with Gasteiger partial charge in [-0.15, -0.1) is 5.10 Å². The Bertz CT molecular complexity index is 903. The van der Waals surface area contributed by atoms with Gasteiger partial charge in [0.15, 0.2) is 0 Å². The summed E-state index contributed by atoms with van der Waals surface area (Å²) in [6, 6.07) is 8.79. The second kappa shape index (κ2) is 5.84. The summed E-state index contributed by atoms with van der Waals surface area (Å²) in [6.45, 7) is 0. The molecule has 2 heterocycles. The number of hydrogen-bond acceptors (Lipinski definition) is 4. The van der Waals surface area contributed by atoms with Crippen molar-refractivity contribution in [3.8, 4) is 16.9 Å². The molecule has 0 spiro atoms. The van der Waals surface area contributed by atoms with E-state index >= 15 is 0 Å². The van der Waals surface area contributed by atoms with E-state index in [1.54, 1.807) is 29.1 Å². The number of pyridine rings is 1. The van der Waals surface area contributed by atoms with Crippen LogP contribution in [-0.4, -0.2) is 31.9 Å². The smallest absolute Gasteiger partial charge is 0.251 e. The summed E-state index contributed by atoms with van der Waals surface area (Å²) in [4.78, 5) is 15.9. The van der Waals surface area contributed by atoms with E-state index in [1.165, 1.54) is 12.3 Å². The van der Waals surface area contributed by atoms with Crippen LogP contribution in [0, 0.1) is 5.82 Å². The summed E-state index contributed by atoms with van der Waals surface area (Å²) in [5.74, 6) is -0.519. The first-order valence-corrected chi connectivity index (χ1v) is 7.63. The van der Waals surface area contributed by atoms with Crippen molar-refractivity contribution in [2.45, 2.75) is 18.9 Å². The molecule has 0 radical (unpaired) electrons. The topological polar surface area (TPSA) is 72.7 Å². The molecule has 7 heteroatoms. The lowest BCUT2D eigenvalue weighted by Gasteiger charge is -2.05. The number of hydrogen-bond donors (Lipinski definition) is 1. The third-order valence-electron chi connectivity index (χ3n) is 3.78. The zero-order valence-corrected chi connectivity index (χ0v) is 12.7. The molecule has 0 atom stereocenters. The molecule has 1 saturated carbocycles. The van der Waals surface area contributed by atoms with Gasteiger partial charge >= 0.3 is 0 Å². The fraction of sp³-hybridized carbons (Fsp3) is 0.176. The van der Waals surface area contributed by atoms with Crippen LogP contribution >= 0.6 is 0 Å². The van der Waals surface area contributed by atoms with Crippen molar-refractivity contribution < 1.29 is 9.18 Å². The summed E-state index contributed by atoms with van der Waals surface area (Å²) in [6.07, 6.45) is 6.42. The Hall–Kier alpha value is -3.09. The van der Waals surface area contributed by atoms with Gasteiger partial charge in [-0.2, -0.15) is 0 Å². The predicted octanol–water partition coefficient (Wildman–Crippen LogP) is 2.36. The van der Waals surface area contributed by atoms with Gasteiger partial charge in [0.2, 0.25) is 0 Å². The van der Waals surface area contributed by atoms with Gasteiger partial charge in [-0.1, -0.05) is 11.3 Å². The van der Waals surface area contributed by atoms with Crippen molar-refractivity contribution in [3.05, 3.63) is 60.3 Å². The highest BCUT2D eigenvalue weighted by Gasteiger charge is 2.23. The Labute approximate surface area is 137 Å². The minimum absolute atomic E-state index is 0.0889. The van der Waals surface area contributed by atoms with Crippen LogP contribution in [-0.2, 0) is 0 Å². The van der Waals surface area contributed by atoms with E-state index in [0.717, 1.165) is 19.0 Å². The molecule has 4 rings (SSSR count). The van der Waals surface area contributed by atoms with E-state index in [2.05, 4.69) is 20.6 Å². The Morgan fingerprint density at radius 1 is 1.25 bits per heavy atom. The third kappa shape index (κ3) is 3.01. The van der Waals surface area contributed by atoms with Crippen molar-refractivity contribution >= 4 is 5.91 Å². The van der Waals surface area contributed by atoms with Gasteiger partial charge in [0.05, 0.1) is 18.1 Å². The average Bonchev–Trinajstić information content (AvgIpc) is 3.26. The van der Waals surface area contributed by atoms with Crippen LogP contribution in [0.3, 0.4) is 0 Å². The zero-order chi connectivity index (χ0) is 16.5. The Morgan fingerprint density at radius 3 is 2.92 bits per heavy atom. The molecule has 1 fully saturated rings. The highest BCUT2D eigenvalue weighted by molar-refractivity contribution is 5.95. The first-order chi connectivity index (χ1) is 11.7. The fourth-order valence-electron chi connectivity index (χ4n) is 2.36. The minimum Gasteiger partial charge on any atom is -0.349 e. The number of nitrogens with one attached hydrogen (secondary N) is 1. The fourth-order valence-corrected chi connectivity index (χ4v) is 2.36. The van der Waals surface area contributed by atoms with E-state index < -0.39 is 5.82 Å². The summed E-state index contributed by atoms with van der Waals surface area (Å²) < 4.78 is 14.8. The minimum atomic E-state index is -0.430. The molecule has 6 nitrogen and oxygen atoms in total. The van der Waals surface area contributed by atoms with Crippen LogP contribution in [0.2, 0.25) is 0 Å². The molecule has 120 valence electrons. The molecule has 0 bridgehead atoms. The van der Waals surface area contributed by atoms with E-state index in [-0.39, 0.29) is 5.91 Å². The molecule has 24 heavy (non-hydrogen) atoms. The van der Waals surface area contributed by atoms with Gasteiger partial charge in [0, 0.05) is 23.4 Å². The second-order valence-corrected chi connectivity index (χ2v) is 5.74. The quantitative estimate of drug-likeness (QED) is 0.800. The van der Waals surface area contributed by atoms with Crippen molar-refractivity contribution in [1.29, 1.82) is 0 Å². The lowest BCUT2D eigenvalue weighted by Crippen LogP contribution is -2.25. The summed E-state index contributed by atoms with van der Waals surface area (Å²) >= 11 is 0. The van der Waals surface area contributed by atoms with Gasteiger partial charge < -0.3 is 5.32 Å². The highest BCUT2D eigenvalue weighted by Crippen LogP contribution is 2.20. The maximum Gasteiger partial charge on any atom is 0.251 e. The van der Waals surface area contributed by atoms with Crippen molar-refractivity contribution in [1.82, 2.24) is 25.3 Å². The number of aromatic nitrogens is 4. The molecular weight excluding hydrogens is 309 g/mol. The monoisotopic (exact) mass is 323 g/mol. The number of amides is 1. The van der Waals surface area contributed by atoms with Crippen molar-refractivity contribution in [3.63, 3.8) is 0 Å². The number of carbonyl (C=O) groups excluding carboxylic acids is 1. The molecule has 0 unspecified atom stereocenters. The summed E-state index contributed by atoms with van der Waals surface area (Å²) in [5, 5.41) is 11.0. The number of nitrogens with zero attached hydrogens (tertiary/aromatic N) is 4. The largest absolute Gasteiger partial charge is 0.349 e. The number of rotatable bonds is 4. The lowest BCUT2D eigenvalue weighted by molar-refractivity contribution is 0.0951. The molecule has 1 N–H and O–H groups in total. The molecular formula is C17H14FN5O. The third-order valence-corrected chi connectivity index (χ3v) is 3.78. The maximum atomic E-state index is 13.3. The van der Waals surface area contributed by atoms with E-state index in [0.29, 0.717) is 28.6 Å². The molecule has 1 aliphatic carbocycles. The first kappa shape index (κ1) is 14.5. The first-order valence-electron chi connectivity index (χ1n) is 7.63. The average molecular weight is 323 g/mol. The Morgan fingerprint density at radius 2 is 2.12 bits per heavy atom. The van der Waals surface area contributed by atoms with E-state index in [4.69, 9.17) is 0 Å². The Balaban J connectivity index is 1.61. The number of benzene rings is 1. The maximum absolute atomic E-state index is 13.3. The predicted molar refractivity (Wildman–Crippen MR) is 85.0 cm³/mol. The molecule has 0 aliphatic heterocycles. The second-order valence-electron chi connectivity index (χ2n) is 5.74. The van der Waals surface area contributed by atoms with Crippen LogP contribution in [0.5, 0.6) is 0 Å². The Kier molecular flexibility index (Phi) is 3.53. The summed E-state index contributed by atoms with van der Waals surface area (Å²) in [7, 11) is 0. The number of carbonyl (C=O) groups is 1. The molecule has 1 aromatic carbocycles. The van der Waals surface area contributed by atoms with Crippen LogP contribution in [0.25, 0.3) is 16.9 Å². The summed E-state index contributed by atoms with van der Waals surface area (Å²) in [5.41, 5.74) is 2.34. The van der Waals surface area contributed by atoms with Gasteiger partial charge in [-0.25, -0.2) is 9.07 Å². The van der Waals surface area contributed by atoms with Crippen LogP contribution in [0.4, 0.5) is 4.39 Å². The van der Waals surface area contributed by atoms with Crippen molar-refractivity contribution in [2.75, 3.05) is 0 Å². The van der Waals surface area contributed by atoms with Crippen LogP contribution in [0.15, 0.2) is 48.9 Å². The van der Waals surface area contributed by atoms with Crippen LogP contribution < -0.4 is 5.32 Å². The number of halogens is 1. The molecule has 3 aromatic rings. The standard InChI is InChI=1S/C17H14FN5O/c18-13-6-12(8-19-9-13)16-10-23(22-21-16)15-3-1-2-11(7-15)17(24)20-14-4-5-14/h1-3,6-10,14H,4-5H2,(H,20,24). The molecule has 0 saturated heterocycles. The van der Waals surface area contributed by atoms with Gasteiger partial charge in [-0.3, -0.25) is 9.78 Å². The lowest BCUT2D eigenvalue weighted by atomic mass is 10.2. The molecule has 2 aromatic heterocycles. The SMILES string of the molecule is O=C(NC1CC1)c1cccc(-n2cc(-c3cncc(F)c3)nn2)c1. The van der Waals surface area contributed by atoms with Gasteiger partial charge in [0.25, 0.3) is 5.91 Å². The molecule has 1 aliphatic rings. The van der Waals surface area contributed by atoms with Crippen LogP contribution in [0.1, 0.15) is 23.2 Å².